The van der Waals surface area contributed by atoms with E-state index in [1.165, 1.54) is 5.69 Å². The lowest BCUT2D eigenvalue weighted by atomic mass is 10.1. The van der Waals surface area contributed by atoms with E-state index in [1.54, 1.807) is 0 Å². The average molecular weight is 317 g/mol. The van der Waals surface area contributed by atoms with Crippen LogP contribution in [0.15, 0.2) is 48.5 Å². The summed E-state index contributed by atoms with van der Waals surface area (Å²) < 4.78 is 0. The summed E-state index contributed by atoms with van der Waals surface area (Å²) in [6, 6.07) is 16.7. The Morgan fingerprint density at radius 1 is 0.917 bits per heavy atom. The summed E-state index contributed by atoms with van der Waals surface area (Å²) in [6.07, 6.45) is 0. The maximum atomic E-state index is 4.49. The fourth-order valence-corrected chi connectivity index (χ4v) is 2.85. The minimum absolute atomic E-state index is 0.921. The second-order valence-corrected chi connectivity index (χ2v) is 6.16. The van der Waals surface area contributed by atoms with E-state index in [1.807, 2.05) is 27.1 Å². The van der Waals surface area contributed by atoms with Crippen molar-refractivity contribution >= 4 is 16.7 Å². The zero-order chi connectivity index (χ0) is 16.7. The molecule has 120 valence electrons. The number of benzene rings is 2. The summed E-state index contributed by atoms with van der Waals surface area (Å²) in [7, 11) is 4.08. The largest absolute Gasteiger partial charge is 0.378 e. The molecule has 0 amide bonds. The first kappa shape index (κ1) is 14.5. The molecule has 2 N–H and O–H groups in total. The lowest BCUT2D eigenvalue weighted by Gasteiger charge is -2.12. The maximum absolute atomic E-state index is 4.49. The molecule has 24 heavy (non-hydrogen) atoms. The average Bonchev–Trinajstić information content (AvgIpc) is 3.19. The van der Waals surface area contributed by atoms with Gasteiger partial charge in [-0.25, -0.2) is 4.98 Å². The first-order valence-electron chi connectivity index (χ1n) is 7.90. The highest BCUT2D eigenvalue weighted by Crippen LogP contribution is 2.27. The van der Waals surface area contributed by atoms with E-state index >= 15 is 0 Å². The van der Waals surface area contributed by atoms with Crippen molar-refractivity contribution in [1.29, 1.82) is 0 Å². The van der Waals surface area contributed by atoms with E-state index in [-0.39, 0.29) is 0 Å². The van der Waals surface area contributed by atoms with Crippen molar-refractivity contribution in [1.82, 2.24) is 20.2 Å². The molecule has 4 rings (SSSR count). The minimum atomic E-state index is 0.921. The number of anilines is 1. The van der Waals surface area contributed by atoms with Gasteiger partial charge in [-0.15, -0.1) is 0 Å². The number of hydrogen-bond acceptors (Lipinski definition) is 3. The molecule has 5 nitrogen and oxygen atoms in total. The van der Waals surface area contributed by atoms with Crippen LogP contribution in [0.4, 0.5) is 5.69 Å². The number of H-pyrrole nitrogens is 2. The van der Waals surface area contributed by atoms with Crippen LogP contribution in [0, 0.1) is 6.92 Å². The summed E-state index contributed by atoms with van der Waals surface area (Å²) in [4.78, 5) is 9.82. The van der Waals surface area contributed by atoms with Crippen molar-refractivity contribution < 1.29 is 0 Å². The Bertz CT molecular complexity index is 992. The maximum Gasteiger partial charge on any atom is 0.104 e. The SMILES string of the molecule is Cc1nc2cc(-c3cc(-c4ccc(N(C)C)cc4)[nH]n3)ccc2[nH]1. The number of aromatic nitrogens is 4. The molecular formula is C19H19N5. The fraction of sp³-hybridized carbons (Fsp3) is 0.158. The Labute approximate surface area is 140 Å². The van der Waals surface area contributed by atoms with Crippen LogP contribution >= 0.6 is 0 Å². The number of aromatic amines is 2. The van der Waals surface area contributed by atoms with Gasteiger partial charge in [-0.05, 0) is 42.8 Å². The first-order valence-corrected chi connectivity index (χ1v) is 7.90. The Morgan fingerprint density at radius 3 is 2.42 bits per heavy atom. The number of hydrogen-bond donors (Lipinski definition) is 2. The van der Waals surface area contributed by atoms with Crippen LogP contribution in [0.2, 0.25) is 0 Å². The third kappa shape index (κ3) is 2.54. The third-order valence-corrected chi connectivity index (χ3v) is 4.17. The third-order valence-electron chi connectivity index (χ3n) is 4.17. The van der Waals surface area contributed by atoms with Crippen LogP contribution in [0.5, 0.6) is 0 Å². The number of fused-ring (bicyclic) bond motifs is 1. The lowest BCUT2D eigenvalue weighted by molar-refractivity contribution is 1.10. The molecule has 0 fully saturated rings. The van der Waals surface area contributed by atoms with Gasteiger partial charge in [0.05, 0.1) is 22.4 Å². The Balaban J connectivity index is 1.67. The molecule has 0 saturated carbocycles. The number of imidazole rings is 1. The van der Waals surface area contributed by atoms with Gasteiger partial charge in [0, 0.05) is 25.3 Å². The molecule has 0 atom stereocenters. The van der Waals surface area contributed by atoms with Gasteiger partial charge in [-0.2, -0.15) is 5.10 Å². The van der Waals surface area contributed by atoms with Gasteiger partial charge in [0.25, 0.3) is 0 Å². The molecule has 0 aliphatic rings. The molecule has 2 aromatic carbocycles. The second-order valence-electron chi connectivity index (χ2n) is 6.16. The fourth-order valence-electron chi connectivity index (χ4n) is 2.85. The molecule has 0 spiro atoms. The van der Waals surface area contributed by atoms with Gasteiger partial charge >= 0.3 is 0 Å². The Hall–Kier alpha value is -3.08. The van der Waals surface area contributed by atoms with Gasteiger partial charge in [0.15, 0.2) is 0 Å². The minimum Gasteiger partial charge on any atom is -0.378 e. The molecule has 0 saturated heterocycles. The summed E-state index contributed by atoms with van der Waals surface area (Å²) in [5.41, 5.74) is 7.30. The van der Waals surface area contributed by atoms with Crippen molar-refractivity contribution in [3.63, 3.8) is 0 Å². The van der Waals surface area contributed by atoms with E-state index in [9.17, 15) is 0 Å². The number of aryl methyl sites for hydroxylation is 1. The second kappa shape index (κ2) is 5.53. The van der Waals surface area contributed by atoms with Crippen molar-refractivity contribution in [2.75, 3.05) is 19.0 Å². The van der Waals surface area contributed by atoms with Crippen molar-refractivity contribution in [3.8, 4) is 22.5 Å². The van der Waals surface area contributed by atoms with Crippen LogP contribution in [0.25, 0.3) is 33.5 Å². The Kier molecular flexibility index (Phi) is 3.34. The summed E-state index contributed by atoms with van der Waals surface area (Å²) in [6.45, 7) is 1.96. The highest BCUT2D eigenvalue weighted by atomic mass is 15.1. The van der Waals surface area contributed by atoms with E-state index in [0.717, 1.165) is 39.4 Å². The first-order chi connectivity index (χ1) is 11.6. The standard InChI is InChI=1S/C19H19N5/c1-12-20-16-9-6-14(10-19(16)21-12)18-11-17(22-23-18)13-4-7-15(8-5-13)24(2)3/h4-11H,1-3H3,(H,20,21)(H,22,23). The van der Waals surface area contributed by atoms with Crippen LogP contribution in [0.1, 0.15) is 5.82 Å². The number of rotatable bonds is 3. The highest BCUT2D eigenvalue weighted by Gasteiger charge is 2.08. The molecular weight excluding hydrogens is 298 g/mol. The highest BCUT2D eigenvalue weighted by molar-refractivity contribution is 5.82. The molecule has 0 bridgehead atoms. The summed E-state index contributed by atoms with van der Waals surface area (Å²) in [5.74, 6) is 0.922. The molecule has 2 heterocycles. The molecule has 4 aromatic rings. The quantitative estimate of drug-likeness (QED) is 0.600. The van der Waals surface area contributed by atoms with E-state index in [0.29, 0.717) is 0 Å². The topological polar surface area (TPSA) is 60.6 Å². The van der Waals surface area contributed by atoms with E-state index < -0.39 is 0 Å². The van der Waals surface area contributed by atoms with Gasteiger partial charge in [-0.1, -0.05) is 18.2 Å². The molecule has 0 unspecified atom stereocenters. The Morgan fingerprint density at radius 2 is 1.67 bits per heavy atom. The van der Waals surface area contributed by atoms with Crippen LogP contribution in [-0.2, 0) is 0 Å². The van der Waals surface area contributed by atoms with Gasteiger partial charge in [0.2, 0.25) is 0 Å². The van der Waals surface area contributed by atoms with Gasteiger partial charge in [-0.3, -0.25) is 5.10 Å². The van der Waals surface area contributed by atoms with Crippen LogP contribution in [0.3, 0.4) is 0 Å². The van der Waals surface area contributed by atoms with E-state index in [4.69, 9.17) is 0 Å². The van der Waals surface area contributed by atoms with Crippen molar-refractivity contribution in [2.24, 2.45) is 0 Å². The zero-order valence-electron chi connectivity index (χ0n) is 14.0. The predicted molar refractivity (Wildman–Crippen MR) is 98.2 cm³/mol. The van der Waals surface area contributed by atoms with Crippen LogP contribution in [-0.4, -0.2) is 34.3 Å². The monoisotopic (exact) mass is 317 g/mol. The summed E-state index contributed by atoms with van der Waals surface area (Å²) >= 11 is 0. The predicted octanol–water partition coefficient (Wildman–Crippen LogP) is 3.99. The molecule has 5 heteroatoms. The van der Waals surface area contributed by atoms with E-state index in [2.05, 4.69) is 67.5 Å². The zero-order valence-corrected chi connectivity index (χ0v) is 14.0. The molecule has 0 radical (unpaired) electrons. The number of nitrogens with one attached hydrogen (secondary N) is 2. The van der Waals surface area contributed by atoms with Gasteiger partial charge in [0.1, 0.15) is 5.82 Å². The number of nitrogens with zero attached hydrogens (tertiary/aromatic N) is 3. The summed E-state index contributed by atoms with van der Waals surface area (Å²) in [5, 5.41) is 7.59. The molecule has 0 aliphatic heterocycles. The smallest absolute Gasteiger partial charge is 0.104 e. The van der Waals surface area contributed by atoms with Crippen molar-refractivity contribution in [2.45, 2.75) is 6.92 Å². The lowest BCUT2D eigenvalue weighted by Crippen LogP contribution is -2.07. The van der Waals surface area contributed by atoms with Crippen molar-refractivity contribution in [3.05, 3.63) is 54.4 Å². The molecule has 2 aromatic heterocycles. The van der Waals surface area contributed by atoms with Crippen LogP contribution < -0.4 is 4.90 Å². The van der Waals surface area contributed by atoms with Gasteiger partial charge < -0.3 is 9.88 Å². The molecule has 0 aliphatic carbocycles. The normalized spacial score (nSPS) is 11.1.